The number of hydrogen-bond donors (Lipinski definition) is 1. The van der Waals surface area contributed by atoms with Crippen molar-refractivity contribution in [3.8, 4) is 5.75 Å². The van der Waals surface area contributed by atoms with Crippen LogP contribution in [0, 0.1) is 11.8 Å². The highest BCUT2D eigenvalue weighted by Crippen LogP contribution is 2.42. The lowest BCUT2D eigenvalue weighted by atomic mass is 9.73. The highest BCUT2D eigenvalue weighted by atomic mass is 16.5. The molecule has 0 spiro atoms. The molecule has 26 heavy (non-hydrogen) atoms. The molecule has 3 unspecified atom stereocenters. The number of hydrogen-bond acceptors (Lipinski definition) is 4. The SMILES string of the molecule is C=C[C@@H]1CN2CCC1C[C@H]2C(O)c1ccnc2ccc(OC)cc12.O.O. The number of benzene rings is 1. The van der Waals surface area contributed by atoms with Crippen molar-refractivity contribution in [2.24, 2.45) is 11.8 Å². The van der Waals surface area contributed by atoms with Crippen molar-refractivity contribution in [3.63, 3.8) is 0 Å². The standard InChI is InChI=1S/C20H24N2O2.2H2O/c1-3-13-12-22-9-7-14(13)10-19(22)20(23)16-6-8-21-18-5-4-15(24-2)11-17(16)18;;/h3-6,8,11,13-14,19-20,23H,1,7,9-10,12H2,2H3;2*1H2/t13-,14?,19+,20?;;/m1../s1. The molecule has 0 radical (unpaired) electrons. The second kappa shape index (κ2) is 8.14. The summed E-state index contributed by atoms with van der Waals surface area (Å²) in [6.45, 7) is 6.07. The van der Waals surface area contributed by atoms with E-state index in [1.54, 1.807) is 13.3 Å². The number of ether oxygens (including phenoxy) is 1. The van der Waals surface area contributed by atoms with E-state index in [1.165, 1.54) is 6.42 Å². The van der Waals surface area contributed by atoms with Crippen LogP contribution in [0.2, 0.25) is 0 Å². The summed E-state index contributed by atoms with van der Waals surface area (Å²) in [7, 11) is 1.66. The van der Waals surface area contributed by atoms with Crippen molar-refractivity contribution in [2.45, 2.75) is 25.0 Å². The maximum Gasteiger partial charge on any atom is 0.119 e. The fourth-order valence-corrected chi connectivity index (χ4v) is 4.44. The Morgan fingerprint density at radius 3 is 2.81 bits per heavy atom. The van der Waals surface area contributed by atoms with Gasteiger partial charge in [0.25, 0.3) is 0 Å². The Morgan fingerprint density at radius 2 is 2.15 bits per heavy atom. The van der Waals surface area contributed by atoms with Crippen molar-refractivity contribution in [1.82, 2.24) is 9.88 Å². The van der Waals surface area contributed by atoms with Crippen LogP contribution in [0.1, 0.15) is 24.5 Å². The van der Waals surface area contributed by atoms with E-state index in [0.29, 0.717) is 11.8 Å². The number of aromatic nitrogens is 1. The third-order valence-corrected chi connectivity index (χ3v) is 5.82. The summed E-state index contributed by atoms with van der Waals surface area (Å²) >= 11 is 0. The Labute approximate surface area is 153 Å². The first-order valence-corrected chi connectivity index (χ1v) is 8.68. The van der Waals surface area contributed by atoms with Crippen LogP contribution in [0.15, 0.2) is 43.1 Å². The molecule has 3 aliphatic rings. The van der Waals surface area contributed by atoms with Crippen LogP contribution >= 0.6 is 0 Å². The van der Waals surface area contributed by atoms with Crippen molar-refractivity contribution in [2.75, 3.05) is 20.2 Å². The minimum absolute atomic E-state index is 0. The van der Waals surface area contributed by atoms with Gasteiger partial charge in [0.2, 0.25) is 0 Å². The summed E-state index contributed by atoms with van der Waals surface area (Å²) in [5.74, 6) is 2.01. The van der Waals surface area contributed by atoms with Gasteiger partial charge in [-0.05, 0) is 61.1 Å². The van der Waals surface area contributed by atoms with Gasteiger partial charge in [-0.25, -0.2) is 0 Å². The summed E-state index contributed by atoms with van der Waals surface area (Å²) < 4.78 is 5.35. The Bertz CT molecular complexity index is 767. The number of aliphatic hydroxyl groups is 1. The molecule has 6 nitrogen and oxygen atoms in total. The van der Waals surface area contributed by atoms with Gasteiger partial charge in [-0.3, -0.25) is 9.88 Å². The fourth-order valence-electron chi connectivity index (χ4n) is 4.44. The lowest BCUT2D eigenvalue weighted by Crippen LogP contribution is -2.54. The van der Waals surface area contributed by atoms with Crippen LogP contribution in [0.4, 0.5) is 0 Å². The van der Waals surface area contributed by atoms with Gasteiger partial charge >= 0.3 is 0 Å². The third kappa shape index (κ3) is 3.33. The second-order valence-electron chi connectivity index (χ2n) is 6.97. The monoisotopic (exact) mass is 360 g/mol. The molecular formula is C20H28N2O4. The number of methoxy groups -OCH3 is 1. The Hall–Kier alpha value is -1.99. The fraction of sp³-hybridized carbons (Fsp3) is 0.450. The first-order chi connectivity index (χ1) is 11.7. The maximum absolute atomic E-state index is 11.2. The quantitative estimate of drug-likeness (QED) is 0.834. The van der Waals surface area contributed by atoms with Crippen LogP contribution in [0.3, 0.4) is 0 Å². The normalized spacial score (nSPS) is 27.9. The Balaban J connectivity index is 0.00000121. The molecule has 5 atom stereocenters. The van der Waals surface area contributed by atoms with Crippen LogP contribution in [0.25, 0.3) is 10.9 Å². The molecule has 3 saturated heterocycles. The smallest absolute Gasteiger partial charge is 0.119 e. The molecule has 1 aromatic heterocycles. The average molecular weight is 360 g/mol. The highest BCUT2D eigenvalue weighted by molar-refractivity contribution is 5.83. The van der Waals surface area contributed by atoms with Gasteiger partial charge in [-0.15, -0.1) is 6.58 Å². The number of pyridine rings is 1. The van der Waals surface area contributed by atoms with Gasteiger partial charge in [0, 0.05) is 24.2 Å². The number of aliphatic hydroxyl groups excluding tert-OH is 1. The molecular weight excluding hydrogens is 332 g/mol. The molecule has 2 aromatic rings. The van der Waals surface area contributed by atoms with E-state index in [4.69, 9.17) is 4.74 Å². The van der Waals surface area contributed by atoms with E-state index < -0.39 is 6.10 Å². The third-order valence-electron chi connectivity index (χ3n) is 5.82. The summed E-state index contributed by atoms with van der Waals surface area (Å²) in [6, 6.07) is 7.96. The average Bonchev–Trinajstić information content (AvgIpc) is 2.66. The lowest BCUT2D eigenvalue weighted by molar-refractivity contribution is -0.0444. The van der Waals surface area contributed by atoms with E-state index in [0.717, 1.165) is 41.7 Å². The number of nitrogens with zero attached hydrogens (tertiary/aromatic N) is 2. The van der Waals surface area contributed by atoms with Crippen LogP contribution in [-0.2, 0) is 0 Å². The molecule has 142 valence electrons. The predicted molar refractivity (Wildman–Crippen MR) is 102 cm³/mol. The van der Waals surface area contributed by atoms with E-state index in [2.05, 4.69) is 22.5 Å². The minimum atomic E-state index is -0.504. The summed E-state index contributed by atoms with van der Waals surface area (Å²) in [5, 5.41) is 12.1. The van der Waals surface area contributed by atoms with Crippen molar-refractivity contribution < 1.29 is 20.8 Å². The molecule has 6 heteroatoms. The van der Waals surface area contributed by atoms with Gasteiger partial charge in [-0.2, -0.15) is 0 Å². The molecule has 0 saturated carbocycles. The highest BCUT2D eigenvalue weighted by Gasteiger charge is 2.42. The minimum Gasteiger partial charge on any atom is -0.497 e. The largest absolute Gasteiger partial charge is 0.497 e. The predicted octanol–water partition coefficient (Wildman–Crippen LogP) is 1.52. The first-order valence-electron chi connectivity index (χ1n) is 8.68. The molecule has 3 aliphatic heterocycles. The van der Waals surface area contributed by atoms with E-state index in [1.807, 2.05) is 24.3 Å². The molecule has 1 aromatic carbocycles. The van der Waals surface area contributed by atoms with E-state index in [9.17, 15) is 5.11 Å². The van der Waals surface area contributed by atoms with Gasteiger partial charge in [0.1, 0.15) is 5.75 Å². The Morgan fingerprint density at radius 1 is 1.35 bits per heavy atom. The zero-order valence-corrected chi connectivity index (χ0v) is 15.1. The zero-order valence-electron chi connectivity index (χ0n) is 15.1. The van der Waals surface area contributed by atoms with Crippen LogP contribution < -0.4 is 4.74 Å². The topological polar surface area (TPSA) is 109 Å². The lowest BCUT2D eigenvalue weighted by Gasteiger charge is -2.50. The van der Waals surface area contributed by atoms with Crippen molar-refractivity contribution in [3.05, 3.63) is 48.7 Å². The maximum atomic E-state index is 11.2. The molecule has 2 bridgehead atoms. The summed E-state index contributed by atoms with van der Waals surface area (Å²) in [4.78, 5) is 6.86. The van der Waals surface area contributed by atoms with E-state index >= 15 is 0 Å². The van der Waals surface area contributed by atoms with E-state index in [-0.39, 0.29) is 17.0 Å². The number of piperidine rings is 3. The molecule has 5 rings (SSSR count). The van der Waals surface area contributed by atoms with Gasteiger partial charge in [0.15, 0.2) is 0 Å². The Kier molecular flexibility index (Phi) is 6.36. The second-order valence-corrected chi connectivity index (χ2v) is 6.97. The number of rotatable bonds is 4. The molecule has 0 amide bonds. The molecule has 0 aliphatic carbocycles. The number of fused-ring (bicyclic) bond motifs is 4. The van der Waals surface area contributed by atoms with Gasteiger partial charge < -0.3 is 20.8 Å². The van der Waals surface area contributed by atoms with Crippen molar-refractivity contribution in [1.29, 1.82) is 0 Å². The van der Waals surface area contributed by atoms with Crippen LogP contribution in [-0.4, -0.2) is 52.2 Å². The van der Waals surface area contributed by atoms with Gasteiger partial charge in [-0.1, -0.05) is 6.08 Å². The molecule has 4 heterocycles. The van der Waals surface area contributed by atoms with Crippen LogP contribution in [0.5, 0.6) is 5.75 Å². The summed E-state index contributed by atoms with van der Waals surface area (Å²) in [5.41, 5.74) is 1.85. The van der Waals surface area contributed by atoms with Gasteiger partial charge in [0.05, 0.1) is 18.7 Å². The van der Waals surface area contributed by atoms with Crippen molar-refractivity contribution >= 4 is 10.9 Å². The first kappa shape index (κ1) is 20.3. The molecule has 3 fully saturated rings. The zero-order chi connectivity index (χ0) is 16.7. The summed E-state index contributed by atoms with van der Waals surface area (Å²) in [6.07, 6.45) is 5.62. The molecule has 5 N–H and O–H groups in total.